The fourth-order valence-electron chi connectivity index (χ4n) is 4.47. The molecule has 1 saturated heterocycles. The zero-order valence-electron chi connectivity index (χ0n) is 18.7. The Balaban J connectivity index is 1.28. The molecule has 1 amide bonds. The van der Waals surface area contributed by atoms with Crippen molar-refractivity contribution in [2.75, 3.05) is 13.1 Å². The van der Waals surface area contributed by atoms with Crippen LogP contribution in [0.4, 0.5) is 0 Å². The van der Waals surface area contributed by atoms with Crippen LogP contribution >= 0.6 is 0 Å². The molecule has 7 nitrogen and oxygen atoms in total. The first-order valence-corrected chi connectivity index (χ1v) is 12.8. The zero-order valence-corrected chi connectivity index (χ0v) is 19.5. The highest BCUT2D eigenvalue weighted by Crippen LogP contribution is 2.28. The van der Waals surface area contributed by atoms with E-state index in [1.54, 1.807) is 41.7 Å². The third-order valence-corrected chi connectivity index (χ3v) is 8.22. The van der Waals surface area contributed by atoms with Crippen LogP contribution in [0.25, 0.3) is 10.8 Å². The van der Waals surface area contributed by atoms with Crippen molar-refractivity contribution in [2.24, 2.45) is 5.92 Å². The van der Waals surface area contributed by atoms with Crippen LogP contribution in [0.3, 0.4) is 0 Å². The fourth-order valence-corrected chi connectivity index (χ4v) is 5.98. The molecule has 0 bridgehead atoms. The summed E-state index contributed by atoms with van der Waals surface area (Å²) in [6.07, 6.45) is 4.11. The molecule has 0 radical (unpaired) electrons. The Morgan fingerprint density at radius 1 is 0.853 bits per heavy atom. The third kappa shape index (κ3) is 4.64. The molecule has 176 valence electrons. The number of hydrogen-bond donors (Lipinski definition) is 0. The van der Waals surface area contributed by atoms with Crippen LogP contribution in [-0.2, 0) is 27.9 Å². The van der Waals surface area contributed by atoms with Crippen LogP contribution in [0.2, 0.25) is 0 Å². The van der Waals surface area contributed by atoms with Crippen molar-refractivity contribution in [2.45, 2.75) is 30.8 Å². The van der Waals surface area contributed by atoms with Gasteiger partial charge in [-0.1, -0.05) is 30.3 Å². The summed E-state index contributed by atoms with van der Waals surface area (Å²) >= 11 is 0. The van der Waals surface area contributed by atoms with Crippen molar-refractivity contribution < 1.29 is 22.0 Å². The third-order valence-electron chi connectivity index (χ3n) is 6.33. The van der Waals surface area contributed by atoms with Gasteiger partial charge in [-0.3, -0.25) is 4.79 Å². The van der Waals surface area contributed by atoms with Crippen molar-refractivity contribution in [3.63, 3.8) is 0 Å². The maximum Gasteiger partial charge on any atom is 0.243 e. The van der Waals surface area contributed by atoms with Gasteiger partial charge in [0.2, 0.25) is 15.9 Å². The number of piperidine rings is 1. The van der Waals surface area contributed by atoms with Gasteiger partial charge in [-0.25, -0.2) is 8.42 Å². The molecule has 5 rings (SSSR count). The van der Waals surface area contributed by atoms with Gasteiger partial charge < -0.3 is 13.7 Å². The minimum absolute atomic E-state index is 0.0180. The molecule has 0 N–H and O–H groups in total. The summed E-state index contributed by atoms with van der Waals surface area (Å²) in [5.41, 5.74) is 0. The molecule has 2 aromatic heterocycles. The number of fused-ring (bicyclic) bond motifs is 1. The van der Waals surface area contributed by atoms with Gasteiger partial charge in [0, 0.05) is 19.0 Å². The van der Waals surface area contributed by atoms with Gasteiger partial charge in [0.1, 0.15) is 11.5 Å². The van der Waals surface area contributed by atoms with E-state index in [4.69, 9.17) is 8.83 Å². The highest BCUT2D eigenvalue weighted by atomic mass is 32.2. The summed E-state index contributed by atoms with van der Waals surface area (Å²) in [6, 6.07) is 20.2. The molecule has 1 aliphatic rings. The molecule has 0 spiro atoms. The lowest BCUT2D eigenvalue weighted by molar-refractivity contribution is -0.138. The normalized spacial score (nSPS) is 15.5. The summed E-state index contributed by atoms with van der Waals surface area (Å²) in [7, 11) is -3.63. The molecule has 0 atom stereocenters. The number of rotatable bonds is 7. The lowest BCUT2D eigenvalue weighted by Crippen LogP contribution is -2.44. The topological polar surface area (TPSA) is 84.0 Å². The van der Waals surface area contributed by atoms with E-state index in [1.807, 2.05) is 42.5 Å². The number of carbonyl (C=O) groups excluding carboxylic acids is 1. The zero-order chi connectivity index (χ0) is 23.5. The van der Waals surface area contributed by atoms with E-state index in [1.165, 1.54) is 4.31 Å². The molecule has 4 aromatic rings. The Bertz CT molecular complexity index is 1320. The lowest BCUT2D eigenvalue weighted by Gasteiger charge is -2.33. The van der Waals surface area contributed by atoms with Gasteiger partial charge in [0.15, 0.2) is 0 Å². The molecule has 0 saturated carbocycles. The Morgan fingerprint density at radius 3 is 2.06 bits per heavy atom. The predicted octanol–water partition coefficient (Wildman–Crippen LogP) is 4.66. The van der Waals surface area contributed by atoms with E-state index < -0.39 is 10.0 Å². The maximum atomic E-state index is 13.4. The largest absolute Gasteiger partial charge is 0.467 e. The number of amides is 1. The van der Waals surface area contributed by atoms with E-state index in [0.717, 1.165) is 10.8 Å². The van der Waals surface area contributed by atoms with Crippen LogP contribution in [0.1, 0.15) is 24.4 Å². The molecule has 0 unspecified atom stereocenters. The Morgan fingerprint density at radius 2 is 1.47 bits per heavy atom. The van der Waals surface area contributed by atoms with E-state index in [2.05, 4.69) is 0 Å². The molecular weight excluding hydrogens is 452 g/mol. The van der Waals surface area contributed by atoms with Crippen molar-refractivity contribution >= 4 is 26.7 Å². The highest BCUT2D eigenvalue weighted by Gasteiger charge is 2.34. The Kier molecular flexibility index (Phi) is 6.26. The van der Waals surface area contributed by atoms with Crippen molar-refractivity contribution in [1.82, 2.24) is 9.21 Å². The fraction of sp³-hybridized carbons (Fsp3) is 0.269. The Labute approximate surface area is 198 Å². The quantitative estimate of drug-likeness (QED) is 0.386. The first-order valence-electron chi connectivity index (χ1n) is 11.3. The van der Waals surface area contributed by atoms with Gasteiger partial charge in [-0.15, -0.1) is 0 Å². The molecule has 2 aromatic carbocycles. The van der Waals surface area contributed by atoms with Crippen LogP contribution < -0.4 is 0 Å². The number of sulfonamides is 1. The van der Waals surface area contributed by atoms with Crippen molar-refractivity contribution in [3.8, 4) is 0 Å². The van der Waals surface area contributed by atoms with Crippen LogP contribution in [-0.4, -0.2) is 36.6 Å². The number of nitrogens with zero attached hydrogens (tertiary/aromatic N) is 2. The van der Waals surface area contributed by atoms with Crippen molar-refractivity contribution in [1.29, 1.82) is 0 Å². The maximum absolute atomic E-state index is 13.4. The van der Waals surface area contributed by atoms with E-state index in [9.17, 15) is 13.2 Å². The number of hydrogen-bond acceptors (Lipinski definition) is 5. The lowest BCUT2D eigenvalue weighted by atomic mass is 9.96. The van der Waals surface area contributed by atoms with E-state index in [-0.39, 0.29) is 16.7 Å². The molecule has 0 aliphatic carbocycles. The van der Waals surface area contributed by atoms with Crippen LogP contribution in [0.5, 0.6) is 0 Å². The summed E-state index contributed by atoms with van der Waals surface area (Å²) in [4.78, 5) is 15.4. The molecule has 8 heteroatoms. The summed E-state index contributed by atoms with van der Waals surface area (Å²) in [5, 5.41) is 1.89. The van der Waals surface area contributed by atoms with Crippen LogP contribution in [0, 0.1) is 5.92 Å². The Hall–Kier alpha value is -3.36. The van der Waals surface area contributed by atoms with Gasteiger partial charge in [-0.2, -0.15) is 4.31 Å². The van der Waals surface area contributed by atoms with E-state index >= 15 is 0 Å². The molecule has 34 heavy (non-hydrogen) atoms. The summed E-state index contributed by atoms with van der Waals surface area (Å²) in [6.45, 7) is 1.28. The second-order valence-corrected chi connectivity index (χ2v) is 10.5. The average molecular weight is 479 g/mol. The van der Waals surface area contributed by atoms with Gasteiger partial charge in [0.05, 0.1) is 30.5 Å². The smallest absolute Gasteiger partial charge is 0.243 e. The highest BCUT2D eigenvalue weighted by molar-refractivity contribution is 7.89. The summed E-state index contributed by atoms with van der Waals surface area (Å²) < 4.78 is 38.9. The first-order chi connectivity index (χ1) is 16.5. The van der Waals surface area contributed by atoms with Gasteiger partial charge in [0.25, 0.3) is 0 Å². The number of benzene rings is 2. The van der Waals surface area contributed by atoms with Gasteiger partial charge in [-0.05, 0) is 60.0 Å². The minimum atomic E-state index is -3.63. The SMILES string of the molecule is O=C(C1CCN(S(=O)(=O)c2ccc3ccccc3c2)CC1)N(Cc1ccco1)Cc1ccco1. The minimum Gasteiger partial charge on any atom is -0.467 e. The predicted molar refractivity (Wildman–Crippen MR) is 127 cm³/mol. The monoisotopic (exact) mass is 478 g/mol. The number of furan rings is 2. The molecular formula is C26H26N2O5S. The summed E-state index contributed by atoms with van der Waals surface area (Å²) in [5.74, 6) is 1.11. The van der Waals surface area contributed by atoms with Crippen molar-refractivity contribution in [3.05, 3.63) is 90.8 Å². The van der Waals surface area contributed by atoms with E-state index in [0.29, 0.717) is 50.5 Å². The second kappa shape index (κ2) is 9.48. The number of carbonyl (C=O) groups is 1. The molecule has 1 fully saturated rings. The standard InChI is InChI=1S/C26H26N2O5S/c29-26(27(18-23-7-3-15-32-23)19-24-8-4-16-33-24)21-11-13-28(14-12-21)34(30,31)25-10-9-20-5-1-2-6-22(20)17-25/h1-10,15-17,21H,11-14,18-19H2. The first kappa shape index (κ1) is 22.4. The van der Waals surface area contributed by atoms with Crippen LogP contribution in [0.15, 0.2) is 93.0 Å². The molecule has 1 aliphatic heterocycles. The molecule has 3 heterocycles. The average Bonchev–Trinajstić information content (AvgIpc) is 3.57. The second-order valence-electron chi connectivity index (χ2n) is 8.54. The van der Waals surface area contributed by atoms with Gasteiger partial charge >= 0.3 is 0 Å².